The molecule has 0 unspecified atom stereocenters. The molecular weight excluding hydrogens is 344 g/mol. The van der Waals surface area contributed by atoms with Crippen LogP contribution in [0.5, 0.6) is 5.75 Å². The highest BCUT2D eigenvalue weighted by molar-refractivity contribution is 6.02. The van der Waals surface area contributed by atoms with Gasteiger partial charge in [0.2, 0.25) is 5.91 Å². The number of hydrogen-bond donors (Lipinski definition) is 2. The molecule has 2 aromatic rings. The van der Waals surface area contributed by atoms with Crippen molar-refractivity contribution in [1.29, 1.82) is 0 Å². The zero-order valence-electron chi connectivity index (χ0n) is 15.5. The van der Waals surface area contributed by atoms with Crippen LogP contribution in [0.15, 0.2) is 54.6 Å². The van der Waals surface area contributed by atoms with E-state index >= 15 is 0 Å². The van der Waals surface area contributed by atoms with Gasteiger partial charge < -0.3 is 20.1 Å². The summed E-state index contributed by atoms with van der Waals surface area (Å²) in [6.07, 6.45) is 3.94. The van der Waals surface area contributed by atoms with Crippen LogP contribution in [-0.2, 0) is 9.53 Å². The number of carbonyl (C=O) groups is 2. The van der Waals surface area contributed by atoms with Crippen molar-refractivity contribution in [3.63, 3.8) is 0 Å². The fraction of sp³-hybridized carbons (Fsp3) is 0.238. The quantitative estimate of drug-likeness (QED) is 0.527. The minimum Gasteiger partial charge on any atom is -0.497 e. The molecule has 0 saturated heterocycles. The van der Waals surface area contributed by atoms with Gasteiger partial charge in [0.15, 0.2) is 0 Å². The van der Waals surface area contributed by atoms with Gasteiger partial charge in [-0.05, 0) is 54.5 Å². The number of anilines is 1. The molecule has 6 heteroatoms. The van der Waals surface area contributed by atoms with Crippen LogP contribution >= 0.6 is 0 Å². The third kappa shape index (κ3) is 6.95. The zero-order chi connectivity index (χ0) is 19.5. The van der Waals surface area contributed by atoms with E-state index in [9.17, 15) is 9.59 Å². The summed E-state index contributed by atoms with van der Waals surface area (Å²) in [5, 5.41) is 5.58. The van der Waals surface area contributed by atoms with E-state index < -0.39 is 0 Å². The zero-order valence-corrected chi connectivity index (χ0v) is 15.5. The van der Waals surface area contributed by atoms with Crippen LogP contribution in [0.2, 0.25) is 0 Å². The lowest BCUT2D eigenvalue weighted by molar-refractivity contribution is -0.111. The standard InChI is InChI=1S/C21H24N2O4/c1-26-15-3-14-22-21(25)17-7-9-18(10-8-17)23-20(24)13-6-16-4-11-19(27-2)12-5-16/h4-13H,3,14-15H2,1-2H3,(H,22,25)(H,23,24)/b13-6+. The monoisotopic (exact) mass is 368 g/mol. The normalized spacial score (nSPS) is 10.6. The summed E-state index contributed by atoms with van der Waals surface area (Å²) in [5.74, 6) is 0.366. The average Bonchev–Trinajstić information content (AvgIpc) is 2.70. The Morgan fingerprint density at radius 1 is 1.00 bits per heavy atom. The number of amides is 2. The Balaban J connectivity index is 1.84. The SMILES string of the molecule is COCCCNC(=O)c1ccc(NC(=O)/C=C/c2ccc(OC)cc2)cc1. The molecule has 2 N–H and O–H groups in total. The molecule has 0 aliphatic rings. The van der Waals surface area contributed by atoms with Gasteiger partial charge in [0.05, 0.1) is 7.11 Å². The molecule has 2 amide bonds. The molecule has 142 valence electrons. The number of rotatable bonds is 9. The Morgan fingerprint density at radius 3 is 2.33 bits per heavy atom. The molecule has 6 nitrogen and oxygen atoms in total. The van der Waals surface area contributed by atoms with E-state index in [4.69, 9.17) is 9.47 Å². The molecule has 0 fully saturated rings. The van der Waals surface area contributed by atoms with Gasteiger partial charge in [-0.3, -0.25) is 9.59 Å². The summed E-state index contributed by atoms with van der Waals surface area (Å²) in [5.41, 5.74) is 2.06. The van der Waals surface area contributed by atoms with Gasteiger partial charge in [-0.1, -0.05) is 12.1 Å². The molecule has 0 atom stereocenters. The Morgan fingerprint density at radius 2 is 1.70 bits per heavy atom. The smallest absolute Gasteiger partial charge is 0.251 e. The van der Waals surface area contributed by atoms with E-state index in [-0.39, 0.29) is 11.8 Å². The van der Waals surface area contributed by atoms with E-state index in [1.54, 1.807) is 44.6 Å². The van der Waals surface area contributed by atoms with Gasteiger partial charge in [-0.25, -0.2) is 0 Å². The first-order chi connectivity index (χ1) is 13.1. The first kappa shape index (κ1) is 20.2. The highest BCUT2D eigenvalue weighted by atomic mass is 16.5. The predicted molar refractivity (Wildman–Crippen MR) is 106 cm³/mol. The highest BCUT2D eigenvalue weighted by Crippen LogP contribution is 2.13. The summed E-state index contributed by atoms with van der Waals surface area (Å²) < 4.78 is 10.0. The number of hydrogen-bond acceptors (Lipinski definition) is 4. The Bertz CT molecular complexity index is 768. The molecule has 0 aliphatic carbocycles. The largest absolute Gasteiger partial charge is 0.497 e. The van der Waals surface area contributed by atoms with Crippen LogP contribution in [0.1, 0.15) is 22.3 Å². The average molecular weight is 368 g/mol. The molecule has 0 bridgehead atoms. The topological polar surface area (TPSA) is 76.7 Å². The van der Waals surface area contributed by atoms with Crippen LogP contribution in [0.3, 0.4) is 0 Å². The van der Waals surface area contributed by atoms with Crippen molar-refractivity contribution >= 4 is 23.6 Å². The second-order valence-electron chi connectivity index (χ2n) is 5.78. The van der Waals surface area contributed by atoms with E-state index in [2.05, 4.69) is 10.6 Å². The van der Waals surface area contributed by atoms with E-state index in [1.807, 2.05) is 24.3 Å². The third-order valence-corrected chi connectivity index (χ3v) is 3.77. The maximum absolute atomic E-state index is 12.0. The van der Waals surface area contributed by atoms with Gasteiger partial charge in [0.25, 0.3) is 5.91 Å². The number of carbonyl (C=O) groups excluding carboxylic acids is 2. The Hall–Kier alpha value is -3.12. The molecule has 2 rings (SSSR count). The molecule has 0 heterocycles. The number of benzene rings is 2. The van der Waals surface area contributed by atoms with E-state index in [0.717, 1.165) is 17.7 Å². The second-order valence-corrected chi connectivity index (χ2v) is 5.78. The van der Waals surface area contributed by atoms with Crippen molar-refractivity contribution in [3.8, 4) is 5.75 Å². The lowest BCUT2D eigenvalue weighted by Gasteiger charge is -2.06. The molecule has 27 heavy (non-hydrogen) atoms. The summed E-state index contributed by atoms with van der Waals surface area (Å²) in [4.78, 5) is 24.0. The van der Waals surface area contributed by atoms with E-state index in [0.29, 0.717) is 24.4 Å². The van der Waals surface area contributed by atoms with Gasteiger partial charge in [-0.15, -0.1) is 0 Å². The van der Waals surface area contributed by atoms with Crippen LogP contribution in [-0.4, -0.2) is 39.2 Å². The predicted octanol–water partition coefficient (Wildman–Crippen LogP) is 3.11. The third-order valence-electron chi connectivity index (χ3n) is 3.77. The van der Waals surface area contributed by atoms with Crippen molar-refractivity contribution in [2.45, 2.75) is 6.42 Å². The van der Waals surface area contributed by atoms with Crippen molar-refractivity contribution in [1.82, 2.24) is 5.32 Å². The van der Waals surface area contributed by atoms with Gasteiger partial charge >= 0.3 is 0 Å². The van der Waals surface area contributed by atoms with Gasteiger partial charge in [0.1, 0.15) is 5.75 Å². The lowest BCUT2D eigenvalue weighted by Crippen LogP contribution is -2.25. The lowest BCUT2D eigenvalue weighted by atomic mass is 10.2. The molecule has 2 aromatic carbocycles. The second kappa shape index (κ2) is 10.8. The number of ether oxygens (including phenoxy) is 2. The molecule has 0 aliphatic heterocycles. The number of methoxy groups -OCH3 is 2. The van der Waals surface area contributed by atoms with Crippen LogP contribution in [0.25, 0.3) is 6.08 Å². The summed E-state index contributed by atoms with van der Waals surface area (Å²) in [6, 6.07) is 14.1. The maximum atomic E-state index is 12.0. The fourth-order valence-corrected chi connectivity index (χ4v) is 2.30. The van der Waals surface area contributed by atoms with Gasteiger partial charge in [-0.2, -0.15) is 0 Å². The van der Waals surface area contributed by atoms with Crippen molar-refractivity contribution in [2.24, 2.45) is 0 Å². The van der Waals surface area contributed by atoms with Gasteiger partial charge in [0, 0.05) is 37.6 Å². The van der Waals surface area contributed by atoms with Crippen molar-refractivity contribution in [2.75, 3.05) is 32.7 Å². The minimum absolute atomic E-state index is 0.150. The van der Waals surface area contributed by atoms with Crippen LogP contribution in [0, 0.1) is 0 Å². The maximum Gasteiger partial charge on any atom is 0.251 e. The van der Waals surface area contributed by atoms with Crippen LogP contribution in [0.4, 0.5) is 5.69 Å². The molecule has 0 aromatic heterocycles. The fourth-order valence-electron chi connectivity index (χ4n) is 2.30. The summed E-state index contributed by atoms with van der Waals surface area (Å²) in [6.45, 7) is 1.16. The molecule has 0 saturated carbocycles. The molecule has 0 spiro atoms. The highest BCUT2D eigenvalue weighted by Gasteiger charge is 2.05. The molecular formula is C21H24N2O4. The Kier molecular flexibility index (Phi) is 8.06. The minimum atomic E-state index is -0.248. The van der Waals surface area contributed by atoms with Crippen LogP contribution < -0.4 is 15.4 Å². The Labute approximate surface area is 159 Å². The molecule has 0 radical (unpaired) electrons. The van der Waals surface area contributed by atoms with Crippen molar-refractivity contribution < 1.29 is 19.1 Å². The first-order valence-electron chi connectivity index (χ1n) is 8.62. The summed E-state index contributed by atoms with van der Waals surface area (Å²) >= 11 is 0. The number of nitrogens with one attached hydrogen (secondary N) is 2. The van der Waals surface area contributed by atoms with E-state index in [1.165, 1.54) is 6.08 Å². The summed E-state index contributed by atoms with van der Waals surface area (Å²) in [7, 11) is 3.23. The van der Waals surface area contributed by atoms with Crippen molar-refractivity contribution in [3.05, 3.63) is 65.7 Å². The first-order valence-corrected chi connectivity index (χ1v) is 8.62.